The molecule has 1 atom stereocenters. The van der Waals surface area contributed by atoms with Crippen LogP contribution in [0.5, 0.6) is 0 Å². The molecule has 2 aromatic heterocycles. The van der Waals surface area contributed by atoms with Gasteiger partial charge in [-0.05, 0) is 49.6 Å². The predicted octanol–water partition coefficient (Wildman–Crippen LogP) is 4.65. The van der Waals surface area contributed by atoms with Crippen molar-refractivity contribution in [2.75, 3.05) is 18.0 Å². The van der Waals surface area contributed by atoms with Crippen molar-refractivity contribution < 1.29 is 6.22 Å². The van der Waals surface area contributed by atoms with E-state index in [9.17, 15) is 4.79 Å². The zero-order chi connectivity index (χ0) is 18.6. The number of rotatable bonds is 4. The van der Waals surface area contributed by atoms with E-state index in [1.807, 2.05) is 25.1 Å². The molecular weight excluding hydrogens is 334 g/mol. The first-order valence-corrected chi connectivity index (χ1v) is 9.45. The van der Waals surface area contributed by atoms with Gasteiger partial charge in [-0.15, -0.1) is 0 Å². The molecule has 4 nitrogen and oxygen atoms in total. The molecule has 1 saturated heterocycles. The van der Waals surface area contributed by atoms with E-state index in [0.29, 0.717) is 17.2 Å². The van der Waals surface area contributed by atoms with Gasteiger partial charge in [0.05, 0.1) is 0 Å². The number of benzene rings is 1. The molecule has 3 heterocycles. The largest absolute Gasteiger partial charge is 0.356 e. The number of aryl methyl sites for hydroxylation is 1. The normalized spacial score (nSPS) is 16.9. The van der Waals surface area contributed by atoms with Crippen molar-refractivity contribution in [2.24, 2.45) is 0 Å². The van der Waals surface area contributed by atoms with Crippen LogP contribution in [0.2, 0.25) is 0 Å². The quantitative estimate of drug-likeness (QED) is 0.636. The first kappa shape index (κ1) is 17.4. The molecule has 0 bridgehead atoms. The second-order valence-corrected chi connectivity index (χ2v) is 7.04. The van der Waals surface area contributed by atoms with E-state index in [1.165, 1.54) is 12.0 Å². The van der Waals surface area contributed by atoms with Crippen LogP contribution < -0.4 is 4.90 Å². The summed E-state index contributed by atoms with van der Waals surface area (Å²) in [4.78, 5) is 24.1. The molecule has 0 radical (unpaired) electrons. The second-order valence-electron chi connectivity index (χ2n) is 7.04. The fraction of sp³-hybridized carbons (Fsp3) is 0.261. The van der Waals surface area contributed by atoms with Crippen LogP contribution in [0.1, 0.15) is 47.5 Å². The van der Waals surface area contributed by atoms with Crippen molar-refractivity contribution in [3.63, 3.8) is 0 Å². The third-order valence-corrected chi connectivity index (χ3v) is 5.23. The summed E-state index contributed by atoms with van der Waals surface area (Å²) in [6.07, 6.45) is 4.02. The summed E-state index contributed by atoms with van der Waals surface area (Å²) < 4.78 is 0. The van der Waals surface area contributed by atoms with E-state index in [2.05, 4.69) is 40.2 Å². The minimum absolute atomic E-state index is 0. The summed E-state index contributed by atoms with van der Waals surface area (Å²) in [6.45, 7) is 3.76. The van der Waals surface area contributed by atoms with Gasteiger partial charge in [0.25, 0.3) is 0 Å². The average Bonchev–Trinajstić information content (AvgIpc) is 2.74. The molecule has 0 spiro atoms. The van der Waals surface area contributed by atoms with E-state index < -0.39 is 0 Å². The molecule has 1 unspecified atom stereocenters. The molecule has 1 aromatic carbocycles. The summed E-state index contributed by atoms with van der Waals surface area (Å²) >= 11 is 0. The molecular formula is C23H25N3O. The Hall–Kier alpha value is -3.01. The number of piperidine rings is 1. The smallest absolute Gasteiger partial charge is 0.213 e. The van der Waals surface area contributed by atoms with E-state index in [4.69, 9.17) is 4.98 Å². The van der Waals surface area contributed by atoms with Crippen LogP contribution >= 0.6 is 0 Å². The van der Waals surface area contributed by atoms with Gasteiger partial charge in [-0.3, -0.25) is 9.78 Å². The maximum atomic E-state index is 12.9. The van der Waals surface area contributed by atoms with Gasteiger partial charge < -0.3 is 4.90 Å². The summed E-state index contributed by atoms with van der Waals surface area (Å²) in [7, 11) is 0. The summed E-state index contributed by atoms with van der Waals surface area (Å²) in [6, 6.07) is 20.0. The Morgan fingerprint density at radius 2 is 1.93 bits per heavy atom. The first-order chi connectivity index (χ1) is 13.2. The van der Waals surface area contributed by atoms with Crippen LogP contribution in [-0.2, 0) is 0 Å². The summed E-state index contributed by atoms with van der Waals surface area (Å²) in [5.41, 5.74) is 3.20. The summed E-state index contributed by atoms with van der Waals surface area (Å²) in [5, 5.41) is 0. The molecule has 4 rings (SSSR count). The predicted molar refractivity (Wildman–Crippen MR) is 109 cm³/mol. The topological polar surface area (TPSA) is 46.1 Å². The monoisotopic (exact) mass is 359 g/mol. The van der Waals surface area contributed by atoms with E-state index >= 15 is 0 Å². The minimum atomic E-state index is -0.0703. The molecule has 0 saturated carbocycles. The first-order valence-electron chi connectivity index (χ1n) is 9.45. The Kier molecular flexibility index (Phi) is 4.97. The fourth-order valence-electron chi connectivity index (χ4n) is 3.77. The van der Waals surface area contributed by atoms with Gasteiger partial charge in [0.1, 0.15) is 11.5 Å². The molecule has 1 aliphatic rings. The molecule has 27 heavy (non-hydrogen) atoms. The molecule has 0 aliphatic carbocycles. The molecule has 1 aliphatic heterocycles. The highest BCUT2D eigenvalue weighted by atomic mass is 16.1. The lowest BCUT2D eigenvalue weighted by atomic mass is 9.90. The SMILES string of the molecule is Cc1ncccc1C(=O)c1cccc(N2CCCC(c3ccccc3)C2)n1.[HH]. The maximum Gasteiger partial charge on any atom is 0.213 e. The number of carbonyl (C=O) groups excluding carboxylic acids is 1. The highest BCUT2D eigenvalue weighted by Gasteiger charge is 2.23. The van der Waals surface area contributed by atoms with E-state index in [1.54, 1.807) is 18.3 Å². The zero-order valence-corrected chi connectivity index (χ0v) is 15.5. The van der Waals surface area contributed by atoms with Crippen molar-refractivity contribution in [1.29, 1.82) is 0 Å². The van der Waals surface area contributed by atoms with Gasteiger partial charge in [-0.25, -0.2) is 4.98 Å². The third-order valence-electron chi connectivity index (χ3n) is 5.23. The zero-order valence-electron chi connectivity index (χ0n) is 15.5. The van der Waals surface area contributed by atoms with Gasteiger partial charge in [0.2, 0.25) is 5.78 Å². The van der Waals surface area contributed by atoms with Crippen molar-refractivity contribution in [1.82, 2.24) is 9.97 Å². The van der Waals surface area contributed by atoms with Crippen LogP contribution in [-0.4, -0.2) is 28.8 Å². The third kappa shape index (κ3) is 3.75. The molecule has 0 N–H and O–H groups in total. The summed E-state index contributed by atoms with van der Waals surface area (Å²) in [5.74, 6) is 1.31. The molecule has 0 amide bonds. The average molecular weight is 359 g/mol. The Morgan fingerprint density at radius 1 is 1.07 bits per heavy atom. The van der Waals surface area contributed by atoms with Gasteiger partial charge in [-0.2, -0.15) is 0 Å². The highest BCUT2D eigenvalue weighted by Crippen LogP contribution is 2.29. The number of hydrogen-bond acceptors (Lipinski definition) is 4. The van der Waals surface area contributed by atoms with Crippen molar-refractivity contribution >= 4 is 11.6 Å². The van der Waals surface area contributed by atoms with Crippen molar-refractivity contribution in [3.05, 3.63) is 89.4 Å². The van der Waals surface area contributed by atoms with E-state index in [0.717, 1.165) is 31.0 Å². The Morgan fingerprint density at radius 3 is 2.74 bits per heavy atom. The fourth-order valence-corrected chi connectivity index (χ4v) is 3.77. The number of hydrogen-bond donors (Lipinski definition) is 0. The van der Waals surface area contributed by atoms with Gasteiger partial charge in [0, 0.05) is 37.9 Å². The van der Waals surface area contributed by atoms with Crippen LogP contribution in [0.15, 0.2) is 66.9 Å². The Balaban J connectivity index is 0.00000225. The van der Waals surface area contributed by atoms with Crippen LogP contribution in [0, 0.1) is 6.92 Å². The standard InChI is InChI=1S/C23H23N3O.H2/c1-17-20(11-6-14-24-17)23(27)21-12-5-13-22(25-21)26-15-7-10-19(16-26)18-8-3-2-4-9-18;/h2-6,8-9,11-14,19H,7,10,15-16H2,1H3;1H. The molecule has 138 valence electrons. The van der Waals surface area contributed by atoms with Crippen LogP contribution in [0.3, 0.4) is 0 Å². The molecule has 3 aromatic rings. The number of aromatic nitrogens is 2. The lowest BCUT2D eigenvalue weighted by Gasteiger charge is -2.34. The number of pyridine rings is 2. The van der Waals surface area contributed by atoms with Crippen molar-refractivity contribution in [3.8, 4) is 0 Å². The highest BCUT2D eigenvalue weighted by molar-refractivity contribution is 6.08. The lowest BCUT2D eigenvalue weighted by Crippen LogP contribution is -2.35. The van der Waals surface area contributed by atoms with Crippen molar-refractivity contribution in [2.45, 2.75) is 25.7 Å². The van der Waals surface area contributed by atoms with Crippen LogP contribution in [0.25, 0.3) is 0 Å². The maximum absolute atomic E-state index is 12.9. The lowest BCUT2D eigenvalue weighted by molar-refractivity contribution is 0.103. The number of nitrogens with zero attached hydrogens (tertiary/aromatic N) is 3. The number of carbonyl (C=O) groups is 1. The minimum Gasteiger partial charge on any atom is -0.356 e. The second kappa shape index (κ2) is 7.70. The van der Waals surface area contributed by atoms with Crippen LogP contribution in [0.4, 0.5) is 5.82 Å². The Labute approximate surface area is 161 Å². The van der Waals surface area contributed by atoms with Gasteiger partial charge in [0.15, 0.2) is 0 Å². The molecule has 1 fully saturated rings. The van der Waals surface area contributed by atoms with Gasteiger partial charge in [-0.1, -0.05) is 36.4 Å². The van der Waals surface area contributed by atoms with E-state index in [-0.39, 0.29) is 7.21 Å². The number of anilines is 1. The molecule has 4 heteroatoms. The van der Waals surface area contributed by atoms with Gasteiger partial charge >= 0.3 is 0 Å². The Bertz CT molecular complexity index is 945. The number of ketones is 1.